The second-order valence-corrected chi connectivity index (χ2v) is 5.61. The van der Waals surface area contributed by atoms with E-state index in [0.29, 0.717) is 12.2 Å². The fourth-order valence-electron chi connectivity index (χ4n) is 1.65. The van der Waals surface area contributed by atoms with E-state index < -0.39 is 0 Å². The molecule has 82 valence electrons. The number of ketones is 1. The molecule has 1 saturated heterocycles. The molecule has 1 aromatic heterocycles. The van der Waals surface area contributed by atoms with Crippen molar-refractivity contribution in [3.63, 3.8) is 0 Å². The zero-order valence-electron chi connectivity index (χ0n) is 8.57. The van der Waals surface area contributed by atoms with Crippen molar-refractivity contribution < 1.29 is 4.79 Å². The second kappa shape index (κ2) is 5.68. The molecule has 1 N–H and O–H groups in total. The van der Waals surface area contributed by atoms with Crippen molar-refractivity contribution in [2.45, 2.75) is 18.9 Å². The summed E-state index contributed by atoms with van der Waals surface area (Å²) < 4.78 is 0. The molecule has 0 spiro atoms. The van der Waals surface area contributed by atoms with E-state index in [0.717, 1.165) is 24.5 Å². The number of thioether (sulfide) groups is 1. The number of carbonyl (C=O) groups is 1. The SMILES string of the molecule is O=C(CCc1ccsc1)C1CSCCN1. The molecule has 0 aliphatic carbocycles. The lowest BCUT2D eigenvalue weighted by Crippen LogP contribution is -2.43. The highest BCUT2D eigenvalue weighted by atomic mass is 32.2. The molecule has 1 atom stereocenters. The van der Waals surface area contributed by atoms with Crippen LogP contribution < -0.4 is 5.32 Å². The predicted molar refractivity (Wildman–Crippen MR) is 66.8 cm³/mol. The molecule has 1 fully saturated rings. The van der Waals surface area contributed by atoms with Gasteiger partial charge in [0.25, 0.3) is 0 Å². The van der Waals surface area contributed by atoms with Gasteiger partial charge in [0.05, 0.1) is 6.04 Å². The summed E-state index contributed by atoms with van der Waals surface area (Å²) in [6.07, 6.45) is 1.57. The first kappa shape index (κ1) is 11.2. The molecule has 0 amide bonds. The molecular weight excluding hydrogens is 226 g/mol. The molecule has 0 radical (unpaired) electrons. The van der Waals surface area contributed by atoms with Crippen LogP contribution in [0.5, 0.6) is 0 Å². The van der Waals surface area contributed by atoms with E-state index in [1.807, 2.05) is 11.8 Å². The van der Waals surface area contributed by atoms with Gasteiger partial charge in [-0.25, -0.2) is 0 Å². The topological polar surface area (TPSA) is 29.1 Å². The average molecular weight is 241 g/mol. The lowest BCUT2D eigenvalue weighted by Gasteiger charge is -2.21. The molecule has 1 aliphatic heterocycles. The number of thiophene rings is 1. The minimum atomic E-state index is 0.0994. The van der Waals surface area contributed by atoms with Gasteiger partial charge in [0.15, 0.2) is 5.78 Å². The molecular formula is C11H15NOS2. The summed E-state index contributed by atoms with van der Waals surface area (Å²) in [5, 5.41) is 7.47. The van der Waals surface area contributed by atoms with Crippen LogP contribution in [0.15, 0.2) is 16.8 Å². The van der Waals surface area contributed by atoms with Crippen LogP contribution >= 0.6 is 23.1 Å². The van der Waals surface area contributed by atoms with Gasteiger partial charge in [0.1, 0.15) is 0 Å². The Balaban J connectivity index is 1.76. The third-order valence-electron chi connectivity index (χ3n) is 2.55. The van der Waals surface area contributed by atoms with Gasteiger partial charge in [0, 0.05) is 24.5 Å². The highest BCUT2D eigenvalue weighted by Gasteiger charge is 2.20. The number of aryl methyl sites for hydroxylation is 1. The minimum absolute atomic E-state index is 0.0994. The fraction of sp³-hybridized carbons (Fsp3) is 0.545. The Labute approximate surface area is 98.5 Å². The van der Waals surface area contributed by atoms with Gasteiger partial charge < -0.3 is 5.32 Å². The van der Waals surface area contributed by atoms with Crippen LogP contribution in [0.4, 0.5) is 0 Å². The first-order valence-electron chi connectivity index (χ1n) is 5.21. The van der Waals surface area contributed by atoms with E-state index in [4.69, 9.17) is 0 Å². The molecule has 1 aliphatic rings. The molecule has 2 heterocycles. The third-order valence-corrected chi connectivity index (χ3v) is 4.34. The number of hydrogen-bond donors (Lipinski definition) is 1. The van der Waals surface area contributed by atoms with Crippen LogP contribution in [0.25, 0.3) is 0 Å². The first-order chi connectivity index (χ1) is 7.36. The highest BCUT2D eigenvalue weighted by molar-refractivity contribution is 7.99. The van der Waals surface area contributed by atoms with E-state index in [9.17, 15) is 4.79 Å². The van der Waals surface area contributed by atoms with Crippen molar-refractivity contribution >= 4 is 28.9 Å². The zero-order valence-corrected chi connectivity index (χ0v) is 10.2. The lowest BCUT2D eigenvalue weighted by atomic mass is 10.1. The molecule has 2 rings (SSSR count). The van der Waals surface area contributed by atoms with E-state index in [1.165, 1.54) is 5.56 Å². The summed E-state index contributed by atoms with van der Waals surface area (Å²) in [5.41, 5.74) is 1.29. The Kier molecular flexibility index (Phi) is 4.23. The fourth-order valence-corrected chi connectivity index (χ4v) is 3.32. The quantitative estimate of drug-likeness (QED) is 0.873. The third kappa shape index (κ3) is 3.33. The first-order valence-corrected chi connectivity index (χ1v) is 7.31. The summed E-state index contributed by atoms with van der Waals surface area (Å²) in [7, 11) is 0. The largest absolute Gasteiger partial charge is 0.306 e. The van der Waals surface area contributed by atoms with Gasteiger partial charge >= 0.3 is 0 Å². The molecule has 0 saturated carbocycles. The number of Topliss-reactive ketones (excluding diaryl/α,β-unsaturated/α-hetero) is 1. The number of carbonyl (C=O) groups excluding carboxylic acids is 1. The number of rotatable bonds is 4. The standard InChI is InChI=1S/C11H15NOS2/c13-11(10-8-15-6-4-12-10)2-1-9-3-5-14-7-9/h3,5,7,10,12H,1-2,4,6,8H2. The normalized spacial score (nSPS) is 21.5. The molecule has 0 bridgehead atoms. The maximum Gasteiger partial charge on any atom is 0.150 e. The van der Waals surface area contributed by atoms with Crippen molar-refractivity contribution in [3.8, 4) is 0 Å². The van der Waals surface area contributed by atoms with Crippen molar-refractivity contribution in [2.75, 3.05) is 18.1 Å². The monoisotopic (exact) mass is 241 g/mol. The smallest absolute Gasteiger partial charge is 0.150 e. The lowest BCUT2D eigenvalue weighted by molar-refractivity contribution is -0.120. The maximum atomic E-state index is 11.8. The van der Waals surface area contributed by atoms with Gasteiger partial charge in [-0.05, 0) is 28.8 Å². The van der Waals surface area contributed by atoms with Crippen LogP contribution in [0.2, 0.25) is 0 Å². The van der Waals surface area contributed by atoms with Gasteiger partial charge in [-0.15, -0.1) is 0 Å². The summed E-state index contributed by atoms with van der Waals surface area (Å²) in [4.78, 5) is 11.8. The van der Waals surface area contributed by atoms with Crippen molar-refractivity contribution in [1.82, 2.24) is 5.32 Å². The van der Waals surface area contributed by atoms with E-state index in [-0.39, 0.29) is 6.04 Å². The maximum absolute atomic E-state index is 11.8. The van der Waals surface area contributed by atoms with Gasteiger partial charge in [-0.3, -0.25) is 4.79 Å². The van der Waals surface area contributed by atoms with E-state index in [1.54, 1.807) is 11.3 Å². The molecule has 15 heavy (non-hydrogen) atoms. The van der Waals surface area contributed by atoms with E-state index in [2.05, 4.69) is 22.1 Å². The van der Waals surface area contributed by atoms with Crippen LogP contribution in [-0.2, 0) is 11.2 Å². The Morgan fingerprint density at radius 1 is 1.60 bits per heavy atom. The molecule has 2 nitrogen and oxygen atoms in total. The van der Waals surface area contributed by atoms with Crippen LogP contribution in [0.1, 0.15) is 12.0 Å². The van der Waals surface area contributed by atoms with Gasteiger partial charge in [-0.1, -0.05) is 0 Å². The zero-order chi connectivity index (χ0) is 10.5. The summed E-state index contributed by atoms with van der Waals surface area (Å²) in [6.45, 7) is 0.972. The van der Waals surface area contributed by atoms with Crippen molar-refractivity contribution in [2.24, 2.45) is 0 Å². The predicted octanol–water partition coefficient (Wildman–Crippen LogP) is 1.95. The van der Waals surface area contributed by atoms with Gasteiger partial charge in [-0.2, -0.15) is 23.1 Å². The summed E-state index contributed by atoms with van der Waals surface area (Å²) in [6, 6.07) is 2.20. The molecule has 0 aromatic carbocycles. The van der Waals surface area contributed by atoms with Crippen molar-refractivity contribution in [3.05, 3.63) is 22.4 Å². The van der Waals surface area contributed by atoms with Crippen LogP contribution in [0.3, 0.4) is 0 Å². The Morgan fingerprint density at radius 3 is 3.20 bits per heavy atom. The number of hydrogen-bond acceptors (Lipinski definition) is 4. The molecule has 4 heteroatoms. The Morgan fingerprint density at radius 2 is 2.53 bits per heavy atom. The van der Waals surface area contributed by atoms with E-state index >= 15 is 0 Å². The summed E-state index contributed by atoms with van der Waals surface area (Å²) >= 11 is 3.57. The minimum Gasteiger partial charge on any atom is -0.306 e. The molecule has 1 aromatic rings. The average Bonchev–Trinajstić information content (AvgIpc) is 2.80. The number of nitrogens with one attached hydrogen (secondary N) is 1. The Bertz CT molecular complexity index is 304. The molecule has 1 unspecified atom stereocenters. The van der Waals surface area contributed by atoms with Gasteiger partial charge in [0.2, 0.25) is 0 Å². The van der Waals surface area contributed by atoms with Crippen LogP contribution in [0, 0.1) is 0 Å². The summed E-state index contributed by atoms with van der Waals surface area (Å²) in [5.74, 6) is 2.45. The second-order valence-electron chi connectivity index (χ2n) is 3.68. The Hall–Kier alpha value is -0.320. The van der Waals surface area contributed by atoms with Crippen LogP contribution in [-0.4, -0.2) is 29.9 Å². The highest BCUT2D eigenvalue weighted by Crippen LogP contribution is 2.12. The van der Waals surface area contributed by atoms with Crippen molar-refractivity contribution in [1.29, 1.82) is 0 Å².